The molecule has 0 radical (unpaired) electrons. The van der Waals surface area contributed by atoms with E-state index in [1.165, 1.54) is 11.1 Å². The molecule has 2 nitrogen and oxygen atoms in total. The molecule has 108 valence electrons. The minimum absolute atomic E-state index is 0.147. The molecular weight excluding hydrogens is 305 g/mol. The molecule has 1 N–H and O–H groups in total. The van der Waals surface area contributed by atoms with E-state index in [1.807, 2.05) is 18.2 Å². The monoisotopic (exact) mass is 319 g/mol. The largest absolute Gasteiger partial charge is 0.303 e. The highest BCUT2D eigenvalue weighted by Gasteiger charge is 2.24. The van der Waals surface area contributed by atoms with Gasteiger partial charge in [-0.1, -0.05) is 53.5 Å². The van der Waals surface area contributed by atoms with Crippen molar-refractivity contribution in [1.29, 1.82) is 0 Å². The maximum Gasteiger partial charge on any atom is 0.154 e. The fourth-order valence-electron chi connectivity index (χ4n) is 2.66. The topological polar surface area (TPSA) is 29.1 Å². The second-order valence-corrected chi connectivity index (χ2v) is 6.13. The van der Waals surface area contributed by atoms with Gasteiger partial charge < -0.3 is 5.32 Å². The molecule has 21 heavy (non-hydrogen) atoms. The predicted octanol–water partition coefficient (Wildman–Crippen LogP) is 3.82. The molecule has 2 aromatic rings. The molecule has 1 aliphatic rings. The number of carbonyl (C=O) groups is 1. The zero-order chi connectivity index (χ0) is 14.8. The normalized spacial score (nSPS) is 17.3. The van der Waals surface area contributed by atoms with Gasteiger partial charge in [-0.15, -0.1) is 0 Å². The minimum atomic E-state index is -0.147. The van der Waals surface area contributed by atoms with Gasteiger partial charge in [-0.05, 0) is 35.2 Å². The highest BCUT2D eigenvalue weighted by atomic mass is 35.5. The van der Waals surface area contributed by atoms with Crippen LogP contribution in [0.15, 0.2) is 42.5 Å². The van der Waals surface area contributed by atoms with Crippen molar-refractivity contribution in [3.05, 3.63) is 69.2 Å². The Balaban J connectivity index is 1.72. The number of Topliss-reactive ketones (excluding diaryl/α,β-unsaturated/α-hetero) is 1. The lowest BCUT2D eigenvalue weighted by atomic mass is 9.91. The van der Waals surface area contributed by atoms with E-state index in [0.717, 1.165) is 18.5 Å². The molecule has 1 unspecified atom stereocenters. The first-order chi connectivity index (χ1) is 10.1. The average Bonchev–Trinajstić information content (AvgIpc) is 2.49. The van der Waals surface area contributed by atoms with E-state index in [-0.39, 0.29) is 11.8 Å². The molecule has 0 saturated carbocycles. The van der Waals surface area contributed by atoms with Crippen LogP contribution in [0.4, 0.5) is 0 Å². The lowest BCUT2D eigenvalue weighted by molar-refractivity contribution is -0.120. The third kappa shape index (κ3) is 3.29. The molecule has 1 aliphatic heterocycles. The summed E-state index contributed by atoms with van der Waals surface area (Å²) in [5.41, 5.74) is 3.34. The molecule has 0 saturated heterocycles. The molecule has 0 aromatic heterocycles. The summed E-state index contributed by atoms with van der Waals surface area (Å²) in [7, 11) is 0. The first kappa shape index (κ1) is 14.6. The van der Waals surface area contributed by atoms with Crippen molar-refractivity contribution < 1.29 is 4.79 Å². The van der Waals surface area contributed by atoms with E-state index < -0.39 is 0 Å². The van der Waals surface area contributed by atoms with Gasteiger partial charge in [0.05, 0.1) is 6.04 Å². The summed E-state index contributed by atoms with van der Waals surface area (Å²) in [6.45, 7) is 0.737. The summed E-state index contributed by atoms with van der Waals surface area (Å²) in [5.74, 6) is 0.161. The fraction of sp³-hybridized carbons (Fsp3) is 0.235. The van der Waals surface area contributed by atoms with Gasteiger partial charge in [0, 0.05) is 23.0 Å². The van der Waals surface area contributed by atoms with Crippen LogP contribution in [0.3, 0.4) is 0 Å². The zero-order valence-corrected chi connectivity index (χ0v) is 12.9. The van der Waals surface area contributed by atoms with E-state index in [9.17, 15) is 4.79 Å². The number of fused-ring (bicyclic) bond motifs is 1. The Morgan fingerprint density at radius 3 is 2.67 bits per heavy atom. The number of nitrogens with one attached hydrogen (secondary N) is 1. The van der Waals surface area contributed by atoms with Crippen LogP contribution in [0, 0.1) is 0 Å². The number of hydrogen-bond donors (Lipinski definition) is 1. The Kier molecular flexibility index (Phi) is 4.29. The van der Waals surface area contributed by atoms with Crippen molar-refractivity contribution in [1.82, 2.24) is 5.32 Å². The van der Waals surface area contributed by atoms with Gasteiger partial charge in [0.25, 0.3) is 0 Å². The molecule has 2 aromatic carbocycles. The smallest absolute Gasteiger partial charge is 0.154 e. The Hall–Kier alpha value is -1.35. The van der Waals surface area contributed by atoms with Crippen LogP contribution in [0.1, 0.15) is 16.7 Å². The maximum absolute atomic E-state index is 12.5. The number of ketones is 1. The zero-order valence-electron chi connectivity index (χ0n) is 11.4. The van der Waals surface area contributed by atoms with Crippen molar-refractivity contribution in [2.45, 2.75) is 25.4 Å². The summed E-state index contributed by atoms with van der Waals surface area (Å²) in [6.07, 6.45) is 1.07. The molecule has 0 fully saturated rings. The van der Waals surface area contributed by atoms with Crippen LogP contribution < -0.4 is 5.32 Å². The first-order valence-corrected chi connectivity index (χ1v) is 7.66. The first-order valence-electron chi connectivity index (χ1n) is 6.90. The van der Waals surface area contributed by atoms with E-state index in [1.54, 1.807) is 12.1 Å². The second kappa shape index (κ2) is 6.18. The van der Waals surface area contributed by atoms with Crippen molar-refractivity contribution in [2.75, 3.05) is 0 Å². The predicted molar refractivity (Wildman–Crippen MR) is 85.9 cm³/mol. The van der Waals surface area contributed by atoms with Crippen molar-refractivity contribution >= 4 is 29.0 Å². The van der Waals surface area contributed by atoms with Crippen LogP contribution in [-0.4, -0.2) is 11.8 Å². The van der Waals surface area contributed by atoms with Gasteiger partial charge in [-0.3, -0.25) is 4.79 Å². The Labute approximate surface area is 134 Å². The van der Waals surface area contributed by atoms with Crippen LogP contribution >= 0.6 is 23.2 Å². The third-order valence-electron chi connectivity index (χ3n) is 3.85. The lowest BCUT2D eigenvalue weighted by Gasteiger charge is -2.25. The van der Waals surface area contributed by atoms with Gasteiger partial charge in [-0.2, -0.15) is 0 Å². The number of benzene rings is 2. The highest BCUT2D eigenvalue weighted by molar-refractivity contribution is 6.35. The third-order valence-corrected chi connectivity index (χ3v) is 4.44. The Morgan fingerprint density at radius 1 is 1.14 bits per heavy atom. The summed E-state index contributed by atoms with van der Waals surface area (Å²) >= 11 is 12.0. The van der Waals surface area contributed by atoms with Crippen molar-refractivity contribution in [2.24, 2.45) is 0 Å². The molecule has 4 heteroatoms. The van der Waals surface area contributed by atoms with Crippen molar-refractivity contribution in [3.8, 4) is 0 Å². The number of hydrogen-bond acceptors (Lipinski definition) is 2. The second-order valence-electron chi connectivity index (χ2n) is 5.29. The van der Waals surface area contributed by atoms with Gasteiger partial charge >= 0.3 is 0 Å². The van der Waals surface area contributed by atoms with Crippen LogP contribution in [0.5, 0.6) is 0 Å². The van der Waals surface area contributed by atoms with Crippen LogP contribution in [0.2, 0.25) is 10.0 Å². The highest BCUT2D eigenvalue weighted by Crippen LogP contribution is 2.23. The van der Waals surface area contributed by atoms with E-state index in [0.29, 0.717) is 16.5 Å². The lowest BCUT2D eigenvalue weighted by Crippen LogP contribution is -2.42. The quantitative estimate of drug-likeness (QED) is 0.931. The summed E-state index contributed by atoms with van der Waals surface area (Å²) in [6, 6.07) is 13.3. The number of carbonyl (C=O) groups excluding carboxylic acids is 1. The molecule has 3 rings (SSSR count). The summed E-state index contributed by atoms with van der Waals surface area (Å²) in [4.78, 5) is 12.5. The molecule has 0 bridgehead atoms. The Bertz CT molecular complexity index is 684. The Morgan fingerprint density at radius 2 is 1.90 bits per heavy atom. The minimum Gasteiger partial charge on any atom is -0.303 e. The van der Waals surface area contributed by atoms with Crippen LogP contribution in [0.25, 0.3) is 0 Å². The average molecular weight is 320 g/mol. The summed E-state index contributed by atoms with van der Waals surface area (Å²) in [5, 5.41) is 4.44. The van der Waals surface area contributed by atoms with Gasteiger partial charge in [-0.25, -0.2) is 0 Å². The SMILES string of the molecule is O=C(Cc1ccc(Cl)cc1Cl)C1Cc2ccccc2CN1. The van der Waals surface area contributed by atoms with Gasteiger partial charge in [0.1, 0.15) is 0 Å². The van der Waals surface area contributed by atoms with Crippen molar-refractivity contribution in [3.63, 3.8) is 0 Å². The molecule has 1 atom stereocenters. The summed E-state index contributed by atoms with van der Waals surface area (Å²) < 4.78 is 0. The fourth-order valence-corrected chi connectivity index (χ4v) is 3.13. The van der Waals surface area contributed by atoms with Gasteiger partial charge in [0.15, 0.2) is 5.78 Å². The molecule has 1 heterocycles. The molecular formula is C17H15Cl2NO. The van der Waals surface area contributed by atoms with E-state index in [2.05, 4.69) is 17.4 Å². The number of rotatable bonds is 3. The van der Waals surface area contributed by atoms with Crippen LogP contribution in [-0.2, 0) is 24.2 Å². The van der Waals surface area contributed by atoms with E-state index >= 15 is 0 Å². The van der Waals surface area contributed by atoms with E-state index in [4.69, 9.17) is 23.2 Å². The standard InChI is InChI=1S/C17H15Cl2NO/c18-14-6-5-12(15(19)9-14)8-17(21)16-7-11-3-1-2-4-13(11)10-20-16/h1-6,9,16,20H,7-8,10H2. The number of halogens is 2. The molecule has 0 aliphatic carbocycles. The molecule has 0 spiro atoms. The van der Waals surface area contributed by atoms with Gasteiger partial charge in [0.2, 0.25) is 0 Å². The maximum atomic E-state index is 12.5. The molecule has 0 amide bonds.